The van der Waals surface area contributed by atoms with Gasteiger partial charge in [0, 0.05) is 23.5 Å². The van der Waals surface area contributed by atoms with Gasteiger partial charge in [-0.3, -0.25) is 0 Å². The molecule has 0 spiro atoms. The molecule has 0 amide bonds. The molecule has 174 valence electrons. The smallest absolute Gasteiger partial charge is 0.512 e. The van der Waals surface area contributed by atoms with Crippen LogP contribution in [0.25, 0.3) is 22.3 Å². The van der Waals surface area contributed by atoms with E-state index in [9.17, 15) is 0 Å². The maximum Gasteiger partial charge on any atom is 1.00 e. The predicted molar refractivity (Wildman–Crippen MR) is 148 cm³/mol. The fraction of sp³-hybridized carbons (Fsp3) is 0.118. The second kappa shape index (κ2) is 7.70. The molecule has 0 saturated heterocycles. The molecule has 0 radical (unpaired) electrons. The minimum atomic E-state index is 0. The van der Waals surface area contributed by atoms with Gasteiger partial charge < -0.3 is 9.47 Å². The molecule has 0 aromatic heterocycles. The molecule has 5 aromatic rings. The zero-order valence-electron chi connectivity index (χ0n) is 21.7. The van der Waals surface area contributed by atoms with Crippen molar-refractivity contribution in [3.8, 4) is 45.3 Å². The molecule has 2 nitrogen and oxygen atoms in total. The molecule has 0 atom stereocenters. The van der Waals surface area contributed by atoms with Crippen molar-refractivity contribution in [1.29, 1.82) is 0 Å². The first-order valence-electron chi connectivity index (χ1n) is 13.0. The van der Waals surface area contributed by atoms with E-state index in [0.717, 1.165) is 52.4 Å². The number of hydrogen-bond donors (Lipinski definition) is 0. The SMILES string of the molecule is Cc1cc[c-]c(-c2[c-]cc3c4c2Oc2c5c(cc6c2B4c2c(cccc2O3)C6)-c2cc(C)ccc2C5)c1.[Li+]. The van der Waals surface area contributed by atoms with E-state index in [1.165, 1.54) is 55.4 Å². The summed E-state index contributed by atoms with van der Waals surface area (Å²) in [4.78, 5) is 0. The normalized spacial score (nSPS) is 14.0. The maximum atomic E-state index is 7.05. The molecule has 1 aliphatic carbocycles. The van der Waals surface area contributed by atoms with Crippen molar-refractivity contribution >= 4 is 23.1 Å². The third-order valence-corrected chi connectivity index (χ3v) is 8.57. The maximum absolute atomic E-state index is 7.05. The molecule has 0 N–H and O–H groups in total. The van der Waals surface area contributed by atoms with E-state index >= 15 is 0 Å². The summed E-state index contributed by atoms with van der Waals surface area (Å²) < 4.78 is 13.5. The van der Waals surface area contributed by atoms with Gasteiger partial charge in [0.05, 0.1) is 0 Å². The van der Waals surface area contributed by atoms with Gasteiger partial charge in [-0.05, 0) is 58.2 Å². The van der Waals surface area contributed by atoms with Crippen molar-refractivity contribution in [1.82, 2.24) is 0 Å². The van der Waals surface area contributed by atoms with Crippen LogP contribution in [0.2, 0.25) is 0 Å². The fourth-order valence-corrected chi connectivity index (χ4v) is 6.99. The van der Waals surface area contributed by atoms with Gasteiger partial charge in [-0.25, -0.2) is 5.56 Å². The molecule has 3 heterocycles. The average molecular weight is 479 g/mol. The molecule has 9 rings (SSSR count). The topological polar surface area (TPSA) is 18.5 Å². The van der Waals surface area contributed by atoms with Crippen LogP contribution in [-0.2, 0) is 12.8 Å². The summed E-state index contributed by atoms with van der Waals surface area (Å²) in [6.07, 6.45) is 1.79. The Kier molecular flexibility index (Phi) is 4.53. The van der Waals surface area contributed by atoms with Gasteiger partial charge in [-0.15, -0.1) is 17.7 Å². The van der Waals surface area contributed by atoms with Crippen molar-refractivity contribution in [2.24, 2.45) is 0 Å². The molecule has 3 aliphatic heterocycles. The molecule has 38 heavy (non-hydrogen) atoms. The molecule has 0 fully saturated rings. The number of rotatable bonds is 1. The van der Waals surface area contributed by atoms with E-state index in [0.29, 0.717) is 0 Å². The van der Waals surface area contributed by atoms with E-state index in [1.54, 1.807) is 0 Å². The van der Waals surface area contributed by atoms with Gasteiger partial charge in [0.1, 0.15) is 11.5 Å². The van der Waals surface area contributed by atoms with Crippen molar-refractivity contribution in [2.75, 3.05) is 0 Å². The Labute approximate surface area is 234 Å². The van der Waals surface area contributed by atoms with Crippen LogP contribution in [0.4, 0.5) is 0 Å². The zero-order chi connectivity index (χ0) is 24.4. The fourth-order valence-electron chi connectivity index (χ4n) is 6.99. The quantitative estimate of drug-likeness (QED) is 0.267. The molecule has 4 heteroatoms. The van der Waals surface area contributed by atoms with Crippen LogP contribution in [0.5, 0.6) is 23.0 Å². The van der Waals surface area contributed by atoms with Crippen LogP contribution in [0.1, 0.15) is 33.4 Å². The van der Waals surface area contributed by atoms with E-state index in [2.05, 4.69) is 80.6 Å². The van der Waals surface area contributed by atoms with Crippen molar-refractivity contribution in [3.05, 3.63) is 112 Å². The Morgan fingerprint density at radius 1 is 0.711 bits per heavy atom. The Balaban J connectivity index is 0.00000225. The van der Waals surface area contributed by atoms with Crippen molar-refractivity contribution in [2.45, 2.75) is 26.7 Å². The van der Waals surface area contributed by atoms with Gasteiger partial charge in [0.25, 0.3) is 0 Å². The van der Waals surface area contributed by atoms with E-state index in [1.807, 2.05) is 12.1 Å². The minimum Gasteiger partial charge on any atom is -0.512 e. The predicted octanol–water partition coefficient (Wildman–Crippen LogP) is 2.78. The Morgan fingerprint density at radius 3 is 2.50 bits per heavy atom. The second-order valence-corrected chi connectivity index (χ2v) is 10.8. The number of benzene rings is 5. The zero-order valence-corrected chi connectivity index (χ0v) is 21.7. The van der Waals surface area contributed by atoms with E-state index < -0.39 is 0 Å². The van der Waals surface area contributed by atoms with Gasteiger partial charge >= 0.3 is 18.9 Å². The first-order valence-corrected chi connectivity index (χ1v) is 13.0. The Bertz CT molecular complexity index is 1870. The van der Waals surface area contributed by atoms with Crippen LogP contribution in [-0.4, -0.2) is 6.71 Å². The average Bonchev–Trinajstić information content (AvgIpc) is 3.26. The van der Waals surface area contributed by atoms with Crippen LogP contribution < -0.4 is 44.7 Å². The van der Waals surface area contributed by atoms with Crippen LogP contribution >= 0.6 is 0 Å². The minimum absolute atomic E-state index is 0. The molecular formula is C34H21BLiO2-. The van der Waals surface area contributed by atoms with Crippen LogP contribution in [0, 0.1) is 26.0 Å². The third kappa shape index (κ3) is 2.81. The van der Waals surface area contributed by atoms with E-state index in [4.69, 9.17) is 9.47 Å². The summed E-state index contributed by atoms with van der Waals surface area (Å²) in [5, 5.41) is 0. The molecule has 0 unspecified atom stereocenters. The summed E-state index contributed by atoms with van der Waals surface area (Å²) in [6.45, 7) is 4.39. The Hall–Kier alpha value is -3.64. The molecular weight excluding hydrogens is 458 g/mol. The summed E-state index contributed by atoms with van der Waals surface area (Å²) in [7, 11) is 0. The first kappa shape index (κ1) is 22.4. The van der Waals surface area contributed by atoms with Gasteiger partial charge in [0.2, 0.25) is 6.71 Å². The monoisotopic (exact) mass is 479 g/mol. The summed E-state index contributed by atoms with van der Waals surface area (Å²) in [5.74, 6) is 3.72. The summed E-state index contributed by atoms with van der Waals surface area (Å²) in [6, 6.07) is 31.0. The third-order valence-electron chi connectivity index (χ3n) is 8.57. The molecule has 4 aliphatic rings. The number of ether oxygens (including phenoxy) is 2. The summed E-state index contributed by atoms with van der Waals surface area (Å²) in [5.41, 5.74) is 16.3. The Morgan fingerprint density at radius 2 is 1.61 bits per heavy atom. The molecule has 0 bridgehead atoms. The van der Waals surface area contributed by atoms with E-state index in [-0.39, 0.29) is 25.6 Å². The van der Waals surface area contributed by atoms with Crippen molar-refractivity contribution < 1.29 is 28.3 Å². The first-order chi connectivity index (χ1) is 18.1. The number of hydrogen-bond acceptors (Lipinski definition) is 2. The van der Waals surface area contributed by atoms with Crippen molar-refractivity contribution in [3.63, 3.8) is 0 Å². The van der Waals surface area contributed by atoms with Crippen LogP contribution in [0.3, 0.4) is 0 Å². The summed E-state index contributed by atoms with van der Waals surface area (Å²) >= 11 is 0. The van der Waals surface area contributed by atoms with Gasteiger partial charge in [0.15, 0.2) is 0 Å². The standard InChI is InChI=1S/C34H21BO2.Li/c1-18-5-3-6-20(13-18)24-11-12-29-32-33(24)37-34-27-16-21-10-9-19(2)14-25(21)26(27)17-23-15-22-7-4-8-28(36-29)30(22)35(32)31(23)34;/h3-5,7-10,12-14,17H,15-16H2,1-2H3;/q-2;+1. The largest absolute Gasteiger partial charge is 1.00 e. The van der Waals surface area contributed by atoms with Gasteiger partial charge in [-0.1, -0.05) is 54.3 Å². The number of fused-ring (bicyclic) bond motifs is 4. The second-order valence-electron chi connectivity index (χ2n) is 10.8. The molecule has 5 aromatic carbocycles. The van der Waals surface area contributed by atoms with Crippen LogP contribution in [0.15, 0.2) is 66.7 Å². The van der Waals surface area contributed by atoms with Gasteiger partial charge in [-0.2, -0.15) is 29.8 Å². The molecule has 0 saturated carbocycles. The number of aryl methyl sites for hydroxylation is 2.